The van der Waals surface area contributed by atoms with E-state index in [2.05, 4.69) is 9.97 Å². The summed E-state index contributed by atoms with van der Waals surface area (Å²) in [6.07, 6.45) is 3.49. The number of aryl methyl sites for hydroxylation is 1. The Morgan fingerprint density at radius 3 is 2.35 bits per heavy atom. The molecule has 5 heteroatoms. The van der Waals surface area contributed by atoms with Gasteiger partial charge in [0.25, 0.3) is 0 Å². The Morgan fingerprint density at radius 2 is 1.88 bits per heavy atom. The van der Waals surface area contributed by atoms with Gasteiger partial charge in [0, 0.05) is 12.4 Å². The summed E-state index contributed by atoms with van der Waals surface area (Å²) in [6.45, 7) is 5.55. The first-order chi connectivity index (χ1) is 8.10. The van der Waals surface area contributed by atoms with Crippen LogP contribution in [-0.4, -0.2) is 28.3 Å². The highest BCUT2D eigenvalue weighted by Gasteiger charge is 2.28. The van der Waals surface area contributed by atoms with Crippen molar-refractivity contribution in [1.29, 1.82) is 0 Å². The van der Waals surface area contributed by atoms with E-state index in [4.69, 9.17) is 4.74 Å². The monoisotopic (exact) mass is 236 g/mol. The minimum atomic E-state index is -0.808. The van der Waals surface area contributed by atoms with Gasteiger partial charge < -0.3 is 4.74 Å². The van der Waals surface area contributed by atoms with Gasteiger partial charge in [-0.1, -0.05) is 6.92 Å². The van der Waals surface area contributed by atoms with Gasteiger partial charge in [-0.15, -0.1) is 0 Å². The van der Waals surface area contributed by atoms with Crippen LogP contribution >= 0.6 is 0 Å². The average Bonchev–Trinajstić information content (AvgIpc) is 2.31. The molecule has 0 saturated heterocycles. The zero-order valence-corrected chi connectivity index (χ0v) is 10.3. The lowest BCUT2D eigenvalue weighted by molar-refractivity contribution is -0.146. The Labute approximate surface area is 100 Å². The predicted molar refractivity (Wildman–Crippen MR) is 61.5 cm³/mol. The molecule has 0 aliphatic heterocycles. The molecule has 1 atom stereocenters. The van der Waals surface area contributed by atoms with E-state index < -0.39 is 11.9 Å². The number of hydrogen-bond donors (Lipinski definition) is 0. The number of esters is 1. The maximum atomic E-state index is 12.0. The maximum absolute atomic E-state index is 12.0. The molecule has 1 aromatic heterocycles. The summed E-state index contributed by atoms with van der Waals surface area (Å²) in [5, 5.41) is 0. The Hall–Kier alpha value is -1.78. The number of hydrogen-bond acceptors (Lipinski definition) is 5. The number of Topliss-reactive ketones (excluding diaryl/α,β-unsaturated/α-hetero) is 1. The van der Waals surface area contributed by atoms with Gasteiger partial charge in [0.05, 0.1) is 6.61 Å². The quantitative estimate of drug-likeness (QED) is 0.441. The van der Waals surface area contributed by atoms with Gasteiger partial charge in [0.1, 0.15) is 5.92 Å². The Bertz CT molecular complexity index is 401. The van der Waals surface area contributed by atoms with Crippen LogP contribution in [0.3, 0.4) is 0 Å². The van der Waals surface area contributed by atoms with Crippen molar-refractivity contribution < 1.29 is 14.3 Å². The van der Waals surface area contributed by atoms with Crippen LogP contribution < -0.4 is 0 Å². The fourth-order valence-corrected chi connectivity index (χ4v) is 1.38. The molecule has 0 spiro atoms. The van der Waals surface area contributed by atoms with Gasteiger partial charge in [-0.25, -0.2) is 9.97 Å². The fourth-order valence-electron chi connectivity index (χ4n) is 1.38. The van der Waals surface area contributed by atoms with E-state index in [0.717, 1.165) is 5.56 Å². The predicted octanol–water partition coefficient (Wildman–Crippen LogP) is 1.56. The standard InChI is InChI=1S/C12H16N2O3/c1-4-9(12(16)17-5-2)10(15)11-13-6-8(3)7-14-11/h6-7,9H,4-5H2,1-3H3. The highest BCUT2D eigenvalue weighted by Crippen LogP contribution is 2.11. The van der Waals surface area contributed by atoms with Crippen molar-refractivity contribution in [2.24, 2.45) is 5.92 Å². The second-order valence-electron chi connectivity index (χ2n) is 3.66. The van der Waals surface area contributed by atoms with Crippen LogP contribution in [-0.2, 0) is 9.53 Å². The third-order valence-corrected chi connectivity index (χ3v) is 2.30. The smallest absolute Gasteiger partial charge is 0.316 e. The highest BCUT2D eigenvalue weighted by atomic mass is 16.5. The third kappa shape index (κ3) is 3.34. The number of carbonyl (C=O) groups excluding carboxylic acids is 2. The third-order valence-electron chi connectivity index (χ3n) is 2.30. The van der Waals surface area contributed by atoms with Crippen LogP contribution in [0, 0.1) is 12.8 Å². The van der Waals surface area contributed by atoms with Crippen LogP contribution in [0.25, 0.3) is 0 Å². The van der Waals surface area contributed by atoms with Crippen molar-refractivity contribution in [1.82, 2.24) is 9.97 Å². The van der Waals surface area contributed by atoms with Gasteiger partial charge in [-0.2, -0.15) is 0 Å². The number of ether oxygens (including phenoxy) is 1. The van der Waals surface area contributed by atoms with Crippen molar-refractivity contribution in [2.75, 3.05) is 6.61 Å². The van der Waals surface area contributed by atoms with E-state index in [-0.39, 0.29) is 18.2 Å². The van der Waals surface area contributed by atoms with Crippen molar-refractivity contribution >= 4 is 11.8 Å². The minimum absolute atomic E-state index is 0.0653. The molecule has 92 valence electrons. The van der Waals surface area contributed by atoms with Crippen molar-refractivity contribution in [3.8, 4) is 0 Å². The molecule has 0 N–H and O–H groups in total. The van der Waals surface area contributed by atoms with E-state index >= 15 is 0 Å². The van der Waals surface area contributed by atoms with Crippen molar-refractivity contribution in [3.05, 3.63) is 23.8 Å². The molecule has 1 heterocycles. The first-order valence-electron chi connectivity index (χ1n) is 5.59. The maximum Gasteiger partial charge on any atom is 0.316 e. The van der Waals surface area contributed by atoms with Gasteiger partial charge in [0.2, 0.25) is 5.78 Å². The molecule has 1 unspecified atom stereocenters. The molecule has 0 aliphatic carbocycles. The van der Waals surface area contributed by atoms with Crippen molar-refractivity contribution in [2.45, 2.75) is 27.2 Å². The Morgan fingerprint density at radius 1 is 1.29 bits per heavy atom. The zero-order chi connectivity index (χ0) is 12.8. The van der Waals surface area contributed by atoms with Gasteiger partial charge in [-0.3, -0.25) is 9.59 Å². The van der Waals surface area contributed by atoms with Crippen LogP contribution in [0.2, 0.25) is 0 Å². The van der Waals surface area contributed by atoms with E-state index in [9.17, 15) is 9.59 Å². The number of rotatable bonds is 5. The van der Waals surface area contributed by atoms with Gasteiger partial charge in [0.15, 0.2) is 5.82 Å². The highest BCUT2D eigenvalue weighted by molar-refractivity contribution is 6.06. The molecular formula is C12H16N2O3. The van der Waals surface area contributed by atoms with E-state index in [1.807, 2.05) is 6.92 Å². The number of carbonyl (C=O) groups is 2. The molecule has 17 heavy (non-hydrogen) atoms. The fraction of sp³-hybridized carbons (Fsp3) is 0.500. The summed E-state index contributed by atoms with van der Waals surface area (Å²) >= 11 is 0. The zero-order valence-electron chi connectivity index (χ0n) is 10.3. The first-order valence-corrected chi connectivity index (χ1v) is 5.59. The SMILES string of the molecule is CCOC(=O)C(CC)C(=O)c1ncc(C)cn1. The van der Waals surface area contributed by atoms with Gasteiger partial charge in [-0.05, 0) is 25.8 Å². The summed E-state index contributed by atoms with van der Waals surface area (Å²) in [5.74, 6) is -1.64. The topological polar surface area (TPSA) is 69.2 Å². The average molecular weight is 236 g/mol. The minimum Gasteiger partial charge on any atom is -0.465 e. The van der Waals surface area contributed by atoms with E-state index in [0.29, 0.717) is 6.42 Å². The molecule has 0 fully saturated rings. The molecule has 1 rings (SSSR count). The molecule has 0 aliphatic rings. The van der Waals surface area contributed by atoms with E-state index in [1.54, 1.807) is 26.2 Å². The molecular weight excluding hydrogens is 220 g/mol. The second-order valence-corrected chi connectivity index (χ2v) is 3.66. The summed E-state index contributed by atoms with van der Waals surface area (Å²) in [5.41, 5.74) is 0.866. The van der Waals surface area contributed by atoms with Gasteiger partial charge >= 0.3 is 5.97 Å². The number of nitrogens with zero attached hydrogens (tertiary/aromatic N) is 2. The molecule has 0 bridgehead atoms. The normalized spacial score (nSPS) is 11.9. The van der Waals surface area contributed by atoms with E-state index in [1.165, 1.54) is 0 Å². The molecule has 0 amide bonds. The largest absolute Gasteiger partial charge is 0.465 e. The molecule has 1 aromatic rings. The Balaban J connectivity index is 2.86. The molecule has 0 aromatic carbocycles. The molecule has 0 saturated carbocycles. The second kappa shape index (κ2) is 6.08. The van der Waals surface area contributed by atoms with Crippen LogP contribution in [0.4, 0.5) is 0 Å². The number of ketones is 1. The van der Waals surface area contributed by atoms with Crippen LogP contribution in [0.1, 0.15) is 36.5 Å². The Kier molecular flexibility index (Phi) is 4.75. The number of aromatic nitrogens is 2. The van der Waals surface area contributed by atoms with Crippen LogP contribution in [0.5, 0.6) is 0 Å². The first kappa shape index (κ1) is 13.3. The summed E-state index contributed by atoms with van der Waals surface area (Å²) in [4.78, 5) is 31.4. The van der Waals surface area contributed by atoms with Crippen LogP contribution in [0.15, 0.2) is 12.4 Å². The lowest BCUT2D eigenvalue weighted by atomic mass is 10.0. The summed E-state index contributed by atoms with van der Waals surface area (Å²) in [7, 11) is 0. The molecule has 0 radical (unpaired) electrons. The summed E-state index contributed by atoms with van der Waals surface area (Å²) in [6, 6.07) is 0. The molecule has 5 nitrogen and oxygen atoms in total. The summed E-state index contributed by atoms with van der Waals surface area (Å²) < 4.78 is 4.85. The lowest BCUT2D eigenvalue weighted by Crippen LogP contribution is -2.27. The van der Waals surface area contributed by atoms with Crippen molar-refractivity contribution in [3.63, 3.8) is 0 Å². The lowest BCUT2D eigenvalue weighted by Gasteiger charge is -2.11.